The summed E-state index contributed by atoms with van der Waals surface area (Å²) >= 11 is 3.39. The predicted molar refractivity (Wildman–Crippen MR) is 98.9 cm³/mol. The molecule has 2 aromatic rings. The van der Waals surface area contributed by atoms with Crippen LogP contribution in [0, 0.1) is 0 Å². The van der Waals surface area contributed by atoms with Gasteiger partial charge in [0, 0.05) is 21.8 Å². The van der Waals surface area contributed by atoms with Gasteiger partial charge in [0.15, 0.2) is 6.61 Å². The summed E-state index contributed by atoms with van der Waals surface area (Å²) in [6, 6.07) is 10.6. The predicted octanol–water partition coefficient (Wildman–Crippen LogP) is 3.44. The zero-order valence-corrected chi connectivity index (χ0v) is 14.9. The van der Waals surface area contributed by atoms with E-state index in [2.05, 4.69) is 26.6 Å². The lowest BCUT2D eigenvalue weighted by molar-refractivity contribution is -0.118. The van der Waals surface area contributed by atoms with E-state index in [1.165, 1.54) is 6.08 Å². The van der Waals surface area contributed by atoms with Crippen molar-refractivity contribution in [1.82, 2.24) is 0 Å². The van der Waals surface area contributed by atoms with E-state index in [1.807, 2.05) is 18.2 Å². The number of benzene rings is 2. The smallest absolute Gasteiger partial charge is 0.262 e. The van der Waals surface area contributed by atoms with Gasteiger partial charge in [-0.2, -0.15) is 0 Å². The Labute approximate surface area is 153 Å². The zero-order chi connectivity index (χ0) is 17.8. The SMILES string of the molecule is COc1ccc(Br)cc1/C=C/C(=O)Nc1ccc2c(c1)NC(=O)CO2. The molecule has 2 N–H and O–H groups in total. The minimum atomic E-state index is -0.301. The van der Waals surface area contributed by atoms with E-state index in [9.17, 15) is 9.59 Å². The topological polar surface area (TPSA) is 76.7 Å². The van der Waals surface area contributed by atoms with Crippen molar-refractivity contribution in [2.45, 2.75) is 0 Å². The van der Waals surface area contributed by atoms with E-state index in [1.54, 1.807) is 31.4 Å². The van der Waals surface area contributed by atoms with Gasteiger partial charge in [-0.25, -0.2) is 0 Å². The van der Waals surface area contributed by atoms with Crippen molar-refractivity contribution in [1.29, 1.82) is 0 Å². The molecule has 0 radical (unpaired) electrons. The summed E-state index contributed by atoms with van der Waals surface area (Å²) in [5.74, 6) is 0.718. The van der Waals surface area contributed by atoms with Crippen molar-refractivity contribution >= 4 is 45.2 Å². The summed E-state index contributed by atoms with van der Waals surface area (Å²) in [5, 5.41) is 5.44. The van der Waals surface area contributed by atoms with E-state index in [0.29, 0.717) is 22.9 Å². The Morgan fingerprint density at radius 1 is 1.32 bits per heavy atom. The Bertz CT molecular complexity index is 864. The maximum absolute atomic E-state index is 12.1. The van der Waals surface area contributed by atoms with Gasteiger partial charge in [-0.1, -0.05) is 15.9 Å². The highest BCUT2D eigenvalue weighted by atomic mass is 79.9. The summed E-state index contributed by atoms with van der Waals surface area (Å²) in [4.78, 5) is 23.5. The second-order valence-corrected chi connectivity index (χ2v) is 6.17. The number of carbonyl (C=O) groups is 2. The fraction of sp³-hybridized carbons (Fsp3) is 0.111. The molecule has 0 fully saturated rings. The number of anilines is 2. The van der Waals surface area contributed by atoms with E-state index >= 15 is 0 Å². The van der Waals surface area contributed by atoms with Crippen LogP contribution in [0.25, 0.3) is 6.08 Å². The normalized spacial score (nSPS) is 13.0. The first-order chi connectivity index (χ1) is 12.0. The van der Waals surface area contributed by atoms with Crippen LogP contribution in [0.1, 0.15) is 5.56 Å². The minimum absolute atomic E-state index is 0.00406. The number of ether oxygens (including phenoxy) is 2. The van der Waals surface area contributed by atoms with Crippen molar-refractivity contribution in [3.8, 4) is 11.5 Å². The number of rotatable bonds is 4. The van der Waals surface area contributed by atoms with Gasteiger partial charge in [-0.3, -0.25) is 9.59 Å². The molecule has 0 saturated heterocycles. The molecule has 2 aromatic carbocycles. The maximum atomic E-state index is 12.1. The van der Waals surface area contributed by atoms with Crippen molar-refractivity contribution in [3.05, 3.63) is 52.5 Å². The molecule has 7 heteroatoms. The molecule has 0 atom stereocenters. The van der Waals surface area contributed by atoms with Gasteiger partial charge >= 0.3 is 0 Å². The van der Waals surface area contributed by atoms with Crippen LogP contribution >= 0.6 is 15.9 Å². The second kappa shape index (κ2) is 7.40. The summed E-state index contributed by atoms with van der Waals surface area (Å²) in [6.45, 7) is -0.00406. The Balaban J connectivity index is 1.72. The summed E-state index contributed by atoms with van der Waals surface area (Å²) in [7, 11) is 1.57. The number of fused-ring (bicyclic) bond motifs is 1. The van der Waals surface area contributed by atoms with Crippen molar-refractivity contribution in [2.24, 2.45) is 0 Å². The van der Waals surface area contributed by atoms with Gasteiger partial charge in [-0.05, 0) is 42.5 Å². The Morgan fingerprint density at radius 2 is 2.16 bits per heavy atom. The second-order valence-electron chi connectivity index (χ2n) is 5.26. The number of amides is 2. The van der Waals surface area contributed by atoms with Crippen LogP contribution in [0.4, 0.5) is 11.4 Å². The highest BCUT2D eigenvalue weighted by Gasteiger charge is 2.16. The molecule has 0 aliphatic carbocycles. The van der Waals surface area contributed by atoms with E-state index in [-0.39, 0.29) is 18.4 Å². The number of carbonyl (C=O) groups excluding carboxylic acids is 2. The van der Waals surface area contributed by atoms with Crippen molar-refractivity contribution < 1.29 is 19.1 Å². The number of hydrogen-bond acceptors (Lipinski definition) is 4. The molecular weight excluding hydrogens is 388 g/mol. The number of halogens is 1. The van der Waals surface area contributed by atoms with E-state index in [4.69, 9.17) is 9.47 Å². The maximum Gasteiger partial charge on any atom is 0.262 e. The summed E-state index contributed by atoms with van der Waals surface area (Å²) in [5.41, 5.74) is 1.87. The summed E-state index contributed by atoms with van der Waals surface area (Å²) in [6.07, 6.45) is 3.08. The first-order valence-electron chi connectivity index (χ1n) is 7.44. The van der Waals surface area contributed by atoms with Crippen molar-refractivity contribution in [2.75, 3.05) is 24.4 Å². The van der Waals surface area contributed by atoms with Crippen LogP contribution in [0.15, 0.2) is 46.9 Å². The van der Waals surface area contributed by atoms with Gasteiger partial charge in [0.2, 0.25) is 5.91 Å². The van der Waals surface area contributed by atoms with Crippen LogP contribution in [0.3, 0.4) is 0 Å². The molecule has 25 heavy (non-hydrogen) atoms. The molecule has 0 spiro atoms. The fourth-order valence-corrected chi connectivity index (χ4v) is 2.72. The van der Waals surface area contributed by atoms with E-state index < -0.39 is 0 Å². The highest BCUT2D eigenvalue weighted by molar-refractivity contribution is 9.10. The lowest BCUT2D eigenvalue weighted by Crippen LogP contribution is -2.25. The number of hydrogen-bond donors (Lipinski definition) is 2. The molecule has 0 bridgehead atoms. The van der Waals surface area contributed by atoms with Crippen LogP contribution in [0.2, 0.25) is 0 Å². The highest BCUT2D eigenvalue weighted by Crippen LogP contribution is 2.30. The van der Waals surface area contributed by atoms with Gasteiger partial charge < -0.3 is 20.1 Å². The van der Waals surface area contributed by atoms with Gasteiger partial charge in [0.05, 0.1) is 12.8 Å². The molecule has 1 heterocycles. The molecule has 0 saturated carbocycles. The molecule has 0 unspecified atom stereocenters. The summed E-state index contributed by atoms with van der Waals surface area (Å²) < 4.78 is 11.4. The Hall–Kier alpha value is -2.80. The molecular formula is C18H15BrN2O4. The average Bonchev–Trinajstić information content (AvgIpc) is 2.59. The molecule has 1 aliphatic rings. The molecule has 0 aromatic heterocycles. The van der Waals surface area contributed by atoms with Crippen LogP contribution in [-0.4, -0.2) is 25.5 Å². The Morgan fingerprint density at radius 3 is 2.96 bits per heavy atom. The monoisotopic (exact) mass is 402 g/mol. The molecule has 3 rings (SSSR count). The lowest BCUT2D eigenvalue weighted by atomic mass is 10.2. The quantitative estimate of drug-likeness (QED) is 0.767. The largest absolute Gasteiger partial charge is 0.496 e. The van der Waals surface area contributed by atoms with Crippen LogP contribution in [-0.2, 0) is 9.59 Å². The van der Waals surface area contributed by atoms with Gasteiger partial charge in [0.1, 0.15) is 11.5 Å². The third-order valence-corrected chi connectivity index (χ3v) is 3.98. The first kappa shape index (κ1) is 17.0. The fourth-order valence-electron chi connectivity index (χ4n) is 2.35. The first-order valence-corrected chi connectivity index (χ1v) is 8.24. The third-order valence-electron chi connectivity index (χ3n) is 3.49. The molecule has 128 valence electrons. The van der Waals surface area contributed by atoms with Crippen LogP contribution in [0.5, 0.6) is 11.5 Å². The van der Waals surface area contributed by atoms with Crippen molar-refractivity contribution in [3.63, 3.8) is 0 Å². The number of nitrogens with one attached hydrogen (secondary N) is 2. The lowest BCUT2D eigenvalue weighted by Gasteiger charge is -2.18. The zero-order valence-electron chi connectivity index (χ0n) is 13.3. The number of methoxy groups -OCH3 is 1. The minimum Gasteiger partial charge on any atom is -0.496 e. The Kier molecular flexibility index (Phi) is 5.04. The van der Waals surface area contributed by atoms with E-state index in [0.717, 1.165) is 10.0 Å². The van der Waals surface area contributed by atoms with Gasteiger partial charge in [-0.15, -0.1) is 0 Å². The van der Waals surface area contributed by atoms with Gasteiger partial charge in [0.25, 0.3) is 5.91 Å². The standard InChI is InChI=1S/C18H15BrN2O4/c1-24-15-5-3-12(19)8-11(15)2-7-17(22)20-13-4-6-16-14(9-13)21-18(23)10-25-16/h2-9H,10H2,1H3,(H,20,22)(H,21,23)/b7-2+. The molecule has 1 aliphatic heterocycles. The third kappa shape index (κ3) is 4.19. The molecule has 2 amide bonds. The molecule has 6 nitrogen and oxygen atoms in total. The van der Waals surface area contributed by atoms with Crippen LogP contribution < -0.4 is 20.1 Å². The average molecular weight is 403 g/mol.